The molecule has 0 aromatic heterocycles. The van der Waals surface area contributed by atoms with Gasteiger partial charge in [-0.2, -0.15) is 0 Å². The summed E-state index contributed by atoms with van der Waals surface area (Å²) in [5.41, 5.74) is 7.70. The summed E-state index contributed by atoms with van der Waals surface area (Å²) in [5, 5.41) is 0. The summed E-state index contributed by atoms with van der Waals surface area (Å²) in [7, 11) is 0. The zero-order valence-electron chi connectivity index (χ0n) is 10.6. The Hall–Kier alpha value is -0.340. The second kappa shape index (κ2) is 5.13. The number of hydrogen-bond donors (Lipinski definition) is 1. The van der Waals surface area contributed by atoms with Gasteiger partial charge >= 0.3 is 0 Å². The number of likely N-dealkylation sites (tertiary alicyclic amines) is 1. The Bertz CT molecular complexity index is 215. The maximum Gasteiger partial charge on any atom is 0.0307 e. The standard InChI is InChI=1S/C13H26N2/c1-5-11(2)10-12(14)13(3,4)15-8-6-7-9-15/h12H,2,5-10,14H2,1,3-4H3. The lowest BCUT2D eigenvalue weighted by Crippen LogP contribution is -2.55. The van der Waals surface area contributed by atoms with Gasteiger partial charge in [-0.25, -0.2) is 0 Å². The van der Waals surface area contributed by atoms with Gasteiger partial charge in [0.25, 0.3) is 0 Å². The lowest BCUT2D eigenvalue weighted by atomic mass is 9.88. The fraction of sp³-hybridized carbons (Fsp3) is 0.846. The van der Waals surface area contributed by atoms with E-state index in [9.17, 15) is 0 Å². The lowest BCUT2D eigenvalue weighted by molar-refractivity contribution is 0.123. The topological polar surface area (TPSA) is 29.3 Å². The predicted octanol–water partition coefficient (Wildman–Crippen LogP) is 2.54. The molecule has 0 bridgehead atoms. The zero-order chi connectivity index (χ0) is 11.5. The Morgan fingerprint density at radius 2 is 1.93 bits per heavy atom. The third-order valence-electron chi connectivity index (χ3n) is 3.84. The zero-order valence-corrected chi connectivity index (χ0v) is 10.6. The van der Waals surface area contributed by atoms with Crippen LogP contribution in [0.4, 0.5) is 0 Å². The van der Waals surface area contributed by atoms with E-state index >= 15 is 0 Å². The van der Waals surface area contributed by atoms with E-state index in [1.165, 1.54) is 31.5 Å². The van der Waals surface area contributed by atoms with Gasteiger partial charge in [-0.05, 0) is 52.6 Å². The first-order valence-corrected chi connectivity index (χ1v) is 6.15. The van der Waals surface area contributed by atoms with Crippen molar-refractivity contribution < 1.29 is 0 Å². The minimum atomic E-state index is 0.120. The van der Waals surface area contributed by atoms with Crippen LogP contribution in [0, 0.1) is 0 Å². The molecule has 1 saturated heterocycles. The van der Waals surface area contributed by atoms with E-state index in [-0.39, 0.29) is 11.6 Å². The Morgan fingerprint density at radius 3 is 2.40 bits per heavy atom. The predicted molar refractivity (Wildman–Crippen MR) is 66.9 cm³/mol. The first-order valence-electron chi connectivity index (χ1n) is 6.15. The molecule has 0 spiro atoms. The van der Waals surface area contributed by atoms with Gasteiger partial charge in [0.15, 0.2) is 0 Å². The molecule has 0 aliphatic carbocycles. The first kappa shape index (κ1) is 12.7. The van der Waals surface area contributed by atoms with Gasteiger partial charge in [0, 0.05) is 11.6 Å². The molecule has 1 unspecified atom stereocenters. The van der Waals surface area contributed by atoms with Gasteiger partial charge in [-0.15, -0.1) is 0 Å². The minimum absolute atomic E-state index is 0.120. The summed E-state index contributed by atoms with van der Waals surface area (Å²) in [6.45, 7) is 13.2. The van der Waals surface area contributed by atoms with Crippen molar-refractivity contribution in [2.24, 2.45) is 5.73 Å². The number of nitrogens with two attached hydrogens (primary N) is 1. The second-order valence-corrected chi connectivity index (χ2v) is 5.26. The molecule has 1 heterocycles. The Kier molecular flexibility index (Phi) is 4.35. The summed E-state index contributed by atoms with van der Waals surface area (Å²) < 4.78 is 0. The van der Waals surface area contributed by atoms with Crippen LogP contribution in [0.2, 0.25) is 0 Å². The fourth-order valence-corrected chi connectivity index (χ4v) is 2.23. The Morgan fingerprint density at radius 1 is 1.40 bits per heavy atom. The van der Waals surface area contributed by atoms with E-state index in [0.717, 1.165) is 12.8 Å². The average Bonchev–Trinajstić information content (AvgIpc) is 2.70. The third-order valence-corrected chi connectivity index (χ3v) is 3.84. The van der Waals surface area contributed by atoms with Crippen molar-refractivity contribution in [2.45, 2.75) is 58.0 Å². The molecule has 15 heavy (non-hydrogen) atoms. The molecule has 0 saturated carbocycles. The third kappa shape index (κ3) is 3.05. The number of nitrogens with zero attached hydrogens (tertiary/aromatic N) is 1. The molecular weight excluding hydrogens is 184 g/mol. The van der Waals surface area contributed by atoms with Crippen LogP contribution in [0.3, 0.4) is 0 Å². The van der Waals surface area contributed by atoms with Crippen LogP contribution in [-0.2, 0) is 0 Å². The van der Waals surface area contributed by atoms with Crippen LogP contribution in [0.5, 0.6) is 0 Å². The SMILES string of the molecule is C=C(CC)CC(N)C(C)(C)N1CCCC1. The molecule has 1 atom stereocenters. The van der Waals surface area contributed by atoms with E-state index < -0.39 is 0 Å². The normalized spacial score (nSPS) is 20.5. The molecule has 2 heteroatoms. The smallest absolute Gasteiger partial charge is 0.0307 e. The van der Waals surface area contributed by atoms with Gasteiger partial charge in [-0.3, -0.25) is 4.90 Å². The van der Waals surface area contributed by atoms with Crippen LogP contribution in [0.25, 0.3) is 0 Å². The van der Waals surface area contributed by atoms with E-state index in [1.807, 2.05) is 0 Å². The van der Waals surface area contributed by atoms with Crippen molar-refractivity contribution in [3.8, 4) is 0 Å². The van der Waals surface area contributed by atoms with Gasteiger partial charge in [0.05, 0.1) is 0 Å². The highest BCUT2D eigenvalue weighted by Crippen LogP contribution is 2.26. The summed E-state index contributed by atoms with van der Waals surface area (Å²) in [5.74, 6) is 0. The lowest BCUT2D eigenvalue weighted by Gasteiger charge is -2.40. The summed E-state index contributed by atoms with van der Waals surface area (Å²) >= 11 is 0. The van der Waals surface area contributed by atoms with Crippen molar-refractivity contribution in [1.29, 1.82) is 0 Å². The quantitative estimate of drug-likeness (QED) is 0.707. The molecule has 1 rings (SSSR count). The van der Waals surface area contributed by atoms with E-state index in [2.05, 4.69) is 32.3 Å². The molecule has 0 amide bonds. The van der Waals surface area contributed by atoms with Crippen molar-refractivity contribution >= 4 is 0 Å². The van der Waals surface area contributed by atoms with Crippen molar-refractivity contribution in [3.63, 3.8) is 0 Å². The van der Waals surface area contributed by atoms with Crippen molar-refractivity contribution in [1.82, 2.24) is 4.90 Å². The molecule has 1 aliphatic heterocycles. The molecule has 2 nitrogen and oxygen atoms in total. The van der Waals surface area contributed by atoms with E-state index in [1.54, 1.807) is 0 Å². The van der Waals surface area contributed by atoms with E-state index in [0.29, 0.717) is 0 Å². The van der Waals surface area contributed by atoms with Crippen LogP contribution >= 0.6 is 0 Å². The molecule has 0 aromatic carbocycles. The summed E-state index contributed by atoms with van der Waals surface area (Å²) in [4.78, 5) is 2.53. The largest absolute Gasteiger partial charge is 0.326 e. The van der Waals surface area contributed by atoms with Gasteiger partial charge in [0.1, 0.15) is 0 Å². The molecule has 88 valence electrons. The second-order valence-electron chi connectivity index (χ2n) is 5.26. The first-order chi connectivity index (χ1) is 6.98. The van der Waals surface area contributed by atoms with Crippen LogP contribution in [0.1, 0.15) is 46.5 Å². The molecule has 0 radical (unpaired) electrons. The van der Waals surface area contributed by atoms with Gasteiger partial charge < -0.3 is 5.73 Å². The summed E-state index contributed by atoms with van der Waals surface area (Å²) in [6, 6.07) is 0.211. The highest BCUT2D eigenvalue weighted by molar-refractivity contribution is 5.03. The average molecular weight is 210 g/mol. The van der Waals surface area contributed by atoms with E-state index in [4.69, 9.17) is 5.73 Å². The molecular formula is C13H26N2. The van der Waals surface area contributed by atoms with Crippen LogP contribution in [-0.4, -0.2) is 29.6 Å². The van der Waals surface area contributed by atoms with Crippen molar-refractivity contribution in [2.75, 3.05) is 13.1 Å². The number of hydrogen-bond acceptors (Lipinski definition) is 2. The molecule has 0 aromatic rings. The van der Waals surface area contributed by atoms with Crippen LogP contribution < -0.4 is 5.73 Å². The number of rotatable bonds is 5. The highest BCUT2D eigenvalue weighted by atomic mass is 15.2. The molecule has 1 fully saturated rings. The maximum atomic E-state index is 6.31. The summed E-state index contributed by atoms with van der Waals surface area (Å²) in [6.07, 6.45) is 4.65. The highest BCUT2D eigenvalue weighted by Gasteiger charge is 2.34. The Labute approximate surface area is 94.5 Å². The minimum Gasteiger partial charge on any atom is -0.326 e. The molecule has 2 N–H and O–H groups in total. The monoisotopic (exact) mass is 210 g/mol. The fourth-order valence-electron chi connectivity index (χ4n) is 2.23. The van der Waals surface area contributed by atoms with Gasteiger partial charge in [-0.1, -0.05) is 19.1 Å². The van der Waals surface area contributed by atoms with Gasteiger partial charge in [0.2, 0.25) is 0 Å². The van der Waals surface area contributed by atoms with Crippen LogP contribution in [0.15, 0.2) is 12.2 Å². The maximum absolute atomic E-state index is 6.31. The molecule has 1 aliphatic rings. The van der Waals surface area contributed by atoms with Crippen molar-refractivity contribution in [3.05, 3.63) is 12.2 Å². The Balaban J connectivity index is 2.54.